The lowest BCUT2D eigenvalue weighted by atomic mass is 10.1. The second-order valence-corrected chi connectivity index (χ2v) is 9.31. The van der Waals surface area contributed by atoms with E-state index in [1.807, 2.05) is 36.4 Å². The van der Waals surface area contributed by atoms with Gasteiger partial charge in [0.2, 0.25) is 0 Å². The molecule has 0 aliphatic heterocycles. The van der Waals surface area contributed by atoms with Crippen LogP contribution in [0, 0.1) is 22.7 Å². The van der Waals surface area contributed by atoms with Crippen LogP contribution in [-0.4, -0.2) is 16.9 Å². The van der Waals surface area contributed by atoms with Gasteiger partial charge in [0.05, 0.1) is 0 Å². The highest BCUT2D eigenvalue weighted by molar-refractivity contribution is 7.16. The van der Waals surface area contributed by atoms with Gasteiger partial charge in [-0.1, -0.05) is 6.42 Å². The van der Waals surface area contributed by atoms with Gasteiger partial charge in [-0.25, -0.2) is 0 Å². The Kier molecular flexibility index (Phi) is 8.49. The molecule has 4 rings (SSSR count). The molecule has 0 unspecified atom stereocenters. The summed E-state index contributed by atoms with van der Waals surface area (Å²) < 4.78 is 10.8. The zero-order valence-corrected chi connectivity index (χ0v) is 20.7. The molecule has 0 amide bonds. The summed E-state index contributed by atoms with van der Waals surface area (Å²) in [6, 6.07) is 25.7. The van der Waals surface area contributed by atoms with Crippen molar-refractivity contribution in [3.8, 4) is 45.3 Å². The number of thiophene rings is 1. The number of carbonyl (C=O) groups is 2. The second-order valence-electron chi connectivity index (χ2n) is 8.23. The Morgan fingerprint density at radius 2 is 1.30 bits per heavy atom. The zero-order valence-electron chi connectivity index (χ0n) is 19.9. The van der Waals surface area contributed by atoms with E-state index in [4.69, 9.17) is 20.0 Å². The molecule has 7 nitrogen and oxygen atoms in total. The fraction of sp³-hybridized carbons (Fsp3) is 0.172. The summed E-state index contributed by atoms with van der Waals surface area (Å²) in [6.45, 7) is 0. The van der Waals surface area contributed by atoms with Gasteiger partial charge in [0, 0.05) is 23.4 Å². The molecular weight excluding hydrogens is 486 g/mol. The molecule has 0 saturated carbocycles. The maximum Gasteiger partial charge on any atom is 0.311 e. The summed E-state index contributed by atoms with van der Waals surface area (Å²) in [5.74, 6) is 0.291. The molecule has 184 valence electrons. The molecule has 8 heteroatoms. The third-order valence-electron chi connectivity index (χ3n) is 5.55. The quantitative estimate of drug-likeness (QED) is 0.146. The molecule has 0 fully saturated rings. The van der Waals surface area contributed by atoms with Crippen molar-refractivity contribution in [2.45, 2.75) is 32.1 Å². The standard InChI is InChI=1S/C29H23N3O4S/c30-18-22-10-16-26(32-22)20-6-11-23(12-7-20)35-28(33)4-2-1-3-5-29(34)36-24-13-8-21(9-14-24)27-17-15-25(19-31)37-27/h6-17,32H,1-5H2. The molecule has 0 bridgehead atoms. The van der Waals surface area contributed by atoms with Crippen LogP contribution < -0.4 is 9.47 Å². The first-order valence-electron chi connectivity index (χ1n) is 11.8. The smallest absolute Gasteiger partial charge is 0.311 e. The van der Waals surface area contributed by atoms with Crippen LogP contribution in [0.15, 0.2) is 72.8 Å². The molecule has 0 spiro atoms. The van der Waals surface area contributed by atoms with Crippen LogP contribution in [0.2, 0.25) is 0 Å². The highest BCUT2D eigenvalue weighted by Gasteiger charge is 2.09. The third-order valence-corrected chi connectivity index (χ3v) is 6.59. The Morgan fingerprint density at radius 1 is 0.703 bits per heavy atom. The number of hydrogen-bond donors (Lipinski definition) is 1. The van der Waals surface area contributed by atoms with E-state index in [0.717, 1.165) is 21.7 Å². The van der Waals surface area contributed by atoms with Crippen LogP contribution in [0.25, 0.3) is 21.7 Å². The van der Waals surface area contributed by atoms with Crippen LogP contribution in [0.4, 0.5) is 0 Å². The van der Waals surface area contributed by atoms with Gasteiger partial charge in [-0.15, -0.1) is 11.3 Å². The molecule has 0 atom stereocenters. The van der Waals surface area contributed by atoms with Gasteiger partial charge in [0.15, 0.2) is 0 Å². The molecule has 0 saturated heterocycles. The first kappa shape index (κ1) is 25.4. The Bertz CT molecular complexity index is 1340. The van der Waals surface area contributed by atoms with Crippen molar-refractivity contribution in [2.75, 3.05) is 0 Å². The zero-order chi connectivity index (χ0) is 26.0. The van der Waals surface area contributed by atoms with Crippen molar-refractivity contribution in [1.82, 2.24) is 4.98 Å². The van der Waals surface area contributed by atoms with E-state index in [0.29, 0.717) is 41.3 Å². The van der Waals surface area contributed by atoms with Crippen molar-refractivity contribution >= 4 is 23.3 Å². The van der Waals surface area contributed by atoms with Gasteiger partial charge in [-0.3, -0.25) is 9.59 Å². The highest BCUT2D eigenvalue weighted by Crippen LogP contribution is 2.29. The summed E-state index contributed by atoms with van der Waals surface area (Å²) >= 11 is 1.41. The molecule has 4 aromatic rings. The summed E-state index contributed by atoms with van der Waals surface area (Å²) in [6.07, 6.45) is 2.46. The fourth-order valence-electron chi connectivity index (χ4n) is 3.65. The minimum atomic E-state index is -0.324. The minimum absolute atomic E-state index is 0.261. The van der Waals surface area contributed by atoms with Gasteiger partial charge < -0.3 is 14.5 Å². The van der Waals surface area contributed by atoms with Crippen LogP contribution in [-0.2, 0) is 9.59 Å². The molecule has 37 heavy (non-hydrogen) atoms. The van der Waals surface area contributed by atoms with Crippen LogP contribution in [0.1, 0.15) is 42.7 Å². The average molecular weight is 510 g/mol. The Labute approximate surface area is 218 Å². The monoisotopic (exact) mass is 509 g/mol. The lowest BCUT2D eigenvalue weighted by Gasteiger charge is -2.06. The van der Waals surface area contributed by atoms with Gasteiger partial charge in [-0.05, 0) is 96.8 Å². The SMILES string of the molecule is N#Cc1ccc(-c2ccc(OC(=O)CCCCCC(=O)Oc3ccc(-c4ccc(C#N)s4)cc3)cc2)[nH]1. The van der Waals surface area contributed by atoms with E-state index in [1.165, 1.54) is 11.3 Å². The van der Waals surface area contributed by atoms with Crippen molar-refractivity contribution in [3.05, 3.63) is 83.4 Å². The number of rotatable bonds is 10. The Balaban J connectivity index is 1.12. The largest absolute Gasteiger partial charge is 0.427 e. The minimum Gasteiger partial charge on any atom is -0.427 e. The number of hydrogen-bond acceptors (Lipinski definition) is 7. The van der Waals surface area contributed by atoms with Crippen molar-refractivity contribution < 1.29 is 19.1 Å². The third kappa shape index (κ3) is 7.17. The molecule has 0 radical (unpaired) electrons. The average Bonchev–Trinajstić information content (AvgIpc) is 3.59. The number of H-pyrrole nitrogens is 1. The molecule has 2 aromatic carbocycles. The van der Waals surface area contributed by atoms with Crippen LogP contribution in [0.3, 0.4) is 0 Å². The number of carbonyl (C=O) groups excluding carboxylic acids is 2. The Hall–Kier alpha value is -4.66. The number of nitrogens with one attached hydrogen (secondary N) is 1. The van der Waals surface area contributed by atoms with Gasteiger partial charge in [0.1, 0.15) is 34.2 Å². The molecule has 2 heterocycles. The van der Waals surface area contributed by atoms with Gasteiger partial charge in [0.25, 0.3) is 0 Å². The van der Waals surface area contributed by atoms with E-state index < -0.39 is 0 Å². The van der Waals surface area contributed by atoms with Crippen LogP contribution >= 0.6 is 11.3 Å². The number of aromatic amines is 1. The first-order valence-corrected chi connectivity index (χ1v) is 12.6. The Morgan fingerprint density at radius 3 is 1.81 bits per heavy atom. The first-order chi connectivity index (χ1) is 18.0. The van der Waals surface area contributed by atoms with Gasteiger partial charge >= 0.3 is 11.9 Å². The number of unbranched alkanes of at least 4 members (excludes halogenated alkanes) is 2. The summed E-state index contributed by atoms with van der Waals surface area (Å²) in [4.78, 5) is 28.9. The highest BCUT2D eigenvalue weighted by atomic mass is 32.1. The number of nitrogens with zero attached hydrogens (tertiary/aromatic N) is 2. The number of benzene rings is 2. The lowest BCUT2D eigenvalue weighted by Crippen LogP contribution is -2.09. The number of esters is 2. The molecular formula is C29H23N3O4S. The van der Waals surface area contributed by atoms with Crippen molar-refractivity contribution in [1.29, 1.82) is 10.5 Å². The second kappa shape index (κ2) is 12.3. The normalized spacial score (nSPS) is 10.3. The number of ether oxygens (including phenoxy) is 2. The fourth-order valence-corrected chi connectivity index (χ4v) is 4.46. The molecule has 1 N–H and O–H groups in total. The van der Waals surface area contributed by atoms with Crippen LogP contribution in [0.5, 0.6) is 11.5 Å². The maximum absolute atomic E-state index is 12.1. The molecule has 2 aromatic heterocycles. The topological polar surface area (TPSA) is 116 Å². The predicted molar refractivity (Wildman–Crippen MR) is 140 cm³/mol. The van der Waals surface area contributed by atoms with E-state index in [1.54, 1.807) is 36.4 Å². The maximum atomic E-state index is 12.1. The molecule has 0 aliphatic rings. The van der Waals surface area contributed by atoms with E-state index in [2.05, 4.69) is 17.1 Å². The van der Waals surface area contributed by atoms with E-state index >= 15 is 0 Å². The predicted octanol–water partition coefficient (Wildman–Crippen LogP) is 6.62. The number of nitriles is 2. The van der Waals surface area contributed by atoms with Crippen molar-refractivity contribution in [3.63, 3.8) is 0 Å². The summed E-state index contributed by atoms with van der Waals surface area (Å²) in [5, 5.41) is 17.9. The summed E-state index contributed by atoms with van der Waals surface area (Å²) in [5.41, 5.74) is 3.15. The van der Waals surface area contributed by atoms with E-state index in [-0.39, 0.29) is 24.8 Å². The van der Waals surface area contributed by atoms with Gasteiger partial charge in [-0.2, -0.15) is 10.5 Å². The number of aromatic nitrogens is 1. The van der Waals surface area contributed by atoms with Crippen molar-refractivity contribution in [2.24, 2.45) is 0 Å². The lowest BCUT2D eigenvalue weighted by molar-refractivity contribution is -0.134. The summed E-state index contributed by atoms with van der Waals surface area (Å²) in [7, 11) is 0. The van der Waals surface area contributed by atoms with E-state index in [9.17, 15) is 9.59 Å². The molecule has 0 aliphatic carbocycles.